The molecule has 146 valence electrons. The smallest absolute Gasteiger partial charge is 0.227 e. The Morgan fingerprint density at radius 3 is 2.54 bits per heavy atom. The first-order valence-electron chi connectivity index (χ1n) is 9.33. The topological polar surface area (TPSA) is 59.2 Å². The number of anilines is 1. The van der Waals surface area contributed by atoms with E-state index in [1.807, 2.05) is 50.8 Å². The van der Waals surface area contributed by atoms with Gasteiger partial charge in [-0.3, -0.25) is 4.79 Å². The summed E-state index contributed by atoms with van der Waals surface area (Å²) in [5.74, 6) is 0.457. The molecular formula is C22H24FN3O2. The normalized spacial score (nSPS) is 11.1. The van der Waals surface area contributed by atoms with E-state index in [9.17, 15) is 9.18 Å². The summed E-state index contributed by atoms with van der Waals surface area (Å²) in [6.07, 6.45) is 0.609. The van der Waals surface area contributed by atoms with Gasteiger partial charge in [0.05, 0.1) is 0 Å². The minimum Gasteiger partial charge on any atom is -0.339 e. The van der Waals surface area contributed by atoms with Gasteiger partial charge in [0.1, 0.15) is 5.82 Å². The van der Waals surface area contributed by atoms with Gasteiger partial charge in [-0.25, -0.2) is 4.39 Å². The lowest BCUT2D eigenvalue weighted by atomic mass is 10.1. The molecule has 2 aromatic carbocycles. The van der Waals surface area contributed by atoms with Gasteiger partial charge in [0, 0.05) is 30.1 Å². The molecule has 0 fully saturated rings. The van der Waals surface area contributed by atoms with E-state index in [0.29, 0.717) is 23.7 Å². The minimum absolute atomic E-state index is 0.00484. The first kappa shape index (κ1) is 19.7. The van der Waals surface area contributed by atoms with Crippen molar-refractivity contribution < 1.29 is 13.7 Å². The van der Waals surface area contributed by atoms with Crippen LogP contribution in [0, 0.1) is 19.7 Å². The van der Waals surface area contributed by atoms with E-state index in [1.165, 1.54) is 12.1 Å². The first-order chi connectivity index (χ1) is 13.3. The maximum absolute atomic E-state index is 13.0. The Bertz CT molecular complexity index is 964. The third kappa shape index (κ3) is 4.44. The molecule has 0 saturated carbocycles. The molecule has 1 amide bonds. The number of aromatic nitrogens is 2. The molecule has 0 aliphatic rings. The van der Waals surface area contributed by atoms with Gasteiger partial charge < -0.3 is 9.42 Å². The Morgan fingerprint density at radius 1 is 1.14 bits per heavy atom. The van der Waals surface area contributed by atoms with Crippen LogP contribution in [0.15, 0.2) is 47.0 Å². The Hall–Kier alpha value is -3.02. The van der Waals surface area contributed by atoms with Gasteiger partial charge >= 0.3 is 0 Å². The highest BCUT2D eigenvalue weighted by Crippen LogP contribution is 2.25. The zero-order chi connectivity index (χ0) is 20.3. The van der Waals surface area contributed by atoms with Crippen LogP contribution in [0.1, 0.15) is 37.3 Å². The molecule has 0 N–H and O–H groups in total. The van der Waals surface area contributed by atoms with Gasteiger partial charge in [0.2, 0.25) is 17.6 Å². The van der Waals surface area contributed by atoms with Crippen molar-refractivity contribution in [1.82, 2.24) is 10.1 Å². The lowest BCUT2D eigenvalue weighted by Crippen LogP contribution is -2.37. The van der Waals surface area contributed by atoms with Gasteiger partial charge in [0.25, 0.3) is 0 Å². The number of hydrogen-bond donors (Lipinski definition) is 0. The molecule has 5 nitrogen and oxygen atoms in total. The Labute approximate surface area is 164 Å². The molecule has 0 aliphatic carbocycles. The second kappa shape index (κ2) is 8.33. The molecule has 0 radical (unpaired) electrons. The van der Waals surface area contributed by atoms with Crippen LogP contribution in [-0.4, -0.2) is 22.1 Å². The van der Waals surface area contributed by atoms with Crippen molar-refractivity contribution in [2.24, 2.45) is 0 Å². The van der Waals surface area contributed by atoms with Crippen LogP contribution in [-0.2, 0) is 11.2 Å². The molecule has 3 aromatic rings. The molecule has 6 heteroatoms. The minimum atomic E-state index is -0.321. The summed E-state index contributed by atoms with van der Waals surface area (Å²) in [6, 6.07) is 12.0. The van der Waals surface area contributed by atoms with E-state index in [0.717, 1.165) is 16.8 Å². The SMILES string of the molecule is Cc1ccc(C)c(N(C(=O)CCc2nc(-c3ccc(F)cc3)no2)C(C)C)c1. The average Bonchev–Trinajstić information content (AvgIpc) is 3.12. The lowest BCUT2D eigenvalue weighted by molar-refractivity contribution is -0.119. The zero-order valence-electron chi connectivity index (χ0n) is 16.6. The van der Waals surface area contributed by atoms with Crippen LogP contribution < -0.4 is 4.90 Å². The zero-order valence-corrected chi connectivity index (χ0v) is 16.6. The van der Waals surface area contributed by atoms with Crippen LogP contribution in [0.25, 0.3) is 11.4 Å². The monoisotopic (exact) mass is 381 g/mol. The summed E-state index contributed by atoms with van der Waals surface area (Å²) in [4.78, 5) is 19.1. The summed E-state index contributed by atoms with van der Waals surface area (Å²) in [5.41, 5.74) is 3.77. The molecule has 3 rings (SSSR count). The van der Waals surface area contributed by atoms with Crippen LogP contribution in [0.5, 0.6) is 0 Å². The van der Waals surface area contributed by atoms with Crippen molar-refractivity contribution in [3.63, 3.8) is 0 Å². The highest BCUT2D eigenvalue weighted by Gasteiger charge is 2.21. The van der Waals surface area contributed by atoms with E-state index in [-0.39, 0.29) is 24.2 Å². The number of nitrogens with zero attached hydrogens (tertiary/aromatic N) is 3. The number of benzene rings is 2. The van der Waals surface area contributed by atoms with Gasteiger partial charge in [-0.1, -0.05) is 17.3 Å². The van der Waals surface area contributed by atoms with Crippen molar-refractivity contribution >= 4 is 11.6 Å². The van der Waals surface area contributed by atoms with Gasteiger partial charge in [-0.05, 0) is 69.2 Å². The number of carbonyl (C=O) groups is 1. The van der Waals surface area contributed by atoms with E-state index in [4.69, 9.17) is 4.52 Å². The van der Waals surface area contributed by atoms with Crippen molar-refractivity contribution in [3.05, 3.63) is 65.3 Å². The molecule has 0 aliphatic heterocycles. The third-order valence-electron chi connectivity index (χ3n) is 4.53. The van der Waals surface area contributed by atoms with Crippen molar-refractivity contribution in [3.8, 4) is 11.4 Å². The number of carbonyl (C=O) groups excluding carboxylic acids is 1. The quantitative estimate of drug-likeness (QED) is 0.611. The Kier molecular flexibility index (Phi) is 5.87. The van der Waals surface area contributed by atoms with Crippen LogP contribution >= 0.6 is 0 Å². The first-order valence-corrected chi connectivity index (χ1v) is 9.33. The molecule has 0 bridgehead atoms. The molecule has 28 heavy (non-hydrogen) atoms. The van der Waals surface area contributed by atoms with Gasteiger partial charge in [-0.2, -0.15) is 4.98 Å². The number of aryl methyl sites for hydroxylation is 3. The summed E-state index contributed by atoms with van der Waals surface area (Å²) < 4.78 is 18.3. The van der Waals surface area contributed by atoms with E-state index in [2.05, 4.69) is 10.1 Å². The second-order valence-corrected chi connectivity index (χ2v) is 7.17. The molecule has 0 spiro atoms. The maximum Gasteiger partial charge on any atom is 0.227 e. The summed E-state index contributed by atoms with van der Waals surface area (Å²) in [7, 11) is 0. The third-order valence-corrected chi connectivity index (χ3v) is 4.53. The van der Waals surface area contributed by atoms with E-state index >= 15 is 0 Å². The number of rotatable bonds is 6. The molecule has 1 aromatic heterocycles. The molecule has 0 atom stereocenters. The van der Waals surface area contributed by atoms with Crippen LogP contribution in [0.3, 0.4) is 0 Å². The molecule has 0 saturated heterocycles. The highest BCUT2D eigenvalue weighted by molar-refractivity contribution is 5.94. The summed E-state index contributed by atoms with van der Waals surface area (Å²) >= 11 is 0. The van der Waals surface area contributed by atoms with Crippen LogP contribution in [0.2, 0.25) is 0 Å². The number of hydrogen-bond acceptors (Lipinski definition) is 4. The van der Waals surface area contributed by atoms with Crippen molar-refractivity contribution in [2.45, 2.75) is 46.6 Å². The fraction of sp³-hybridized carbons (Fsp3) is 0.318. The van der Waals surface area contributed by atoms with E-state index < -0.39 is 0 Å². The largest absolute Gasteiger partial charge is 0.339 e. The van der Waals surface area contributed by atoms with Crippen LogP contribution in [0.4, 0.5) is 10.1 Å². The van der Waals surface area contributed by atoms with Gasteiger partial charge in [0.15, 0.2) is 0 Å². The summed E-state index contributed by atoms with van der Waals surface area (Å²) in [6.45, 7) is 8.02. The molecular weight excluding hydrogens is 357 g/mol. The fourth-order valence-electron chi connectivity index (χ4n) is 3.09. The number of amides is 1. The lowest BCUT2D eigenvalue weighted by Gasteiger charge is -2.28. The Morgan fingerprint density at radius 2 is 1.86 bits per heavy atom. The average molecular weight is 381 g/mol. The highest BCUT2D eigenvalue weighted by atomic mass is 19.1. The second-order valence-electron chi connectivity index (χ2n) is 7.17. The number of halogens is 1. The van der Waals surface area contributed by atoms with Crippen molar-refractivity contribution in [2.75, 3.05) is 4.90 Å². The molecule has 0 unspecified atom stereocenters. The maximum atomic E-state index is 13.0. The fourth-order valence-corrected chi connectivity index (χ4v) is 3.09. The Balaban J connectivity index is 1.71. The van der Waals surface area contributed by atoms with Crippen molar-refractivity contribution in [1.29, 1.82) is 0 Å². The van der Waals surface area contributed by atoms with E-state index in [1.54, 1.807) is 12.1 Å². The van der Waals surface area contributed by atoms with Gasteiger partial charge in [-0.15, -0.1) is 0 Å². The predicted molar refractivity (Wildman–Crippen MR) is 107 cm³/mol. The summed E-state index contributed by atoms with van der Waals surface area (Å²) in [5, 5.41) is 3.92. The standard InChI is InChI=1S/C22H24FN3O2/c1-14(2)26(19-13-15(3)5-6-16(19)4)21(27)12-11-20-24-22(25-28-20)17-7-9-18(23)10-8-17/h5-10,13-14H,11-12H2,1-4H3. The predicted octanol–water partition coefficient (Wildman–Crippen LogP) is 4.87. The molecule has 1 heterocycles.